The molecule has 3 rings (SSSR count). The SMILES string of the molecule is CC1CCN(c2ccccc2CNS(=O)(=O)c2cc(C(=O)O)c(Cl)cc2Cl)CC1. The first-order valence-corrected chi connectivity index (χ1v) is 11.5. The van der Waals surface area contributed by atoms with E-state index in [1.165, 1.54) is 0 Å². The molecule has 0 atom stereocenters. The normalized spacial score (nSPS) is 15.5. The Morgan fingerprint density at radius 2 is 1.83 bits per heavy atom. The van der Waals surface area contributed by atoms with Crippen LogP contribution in [0.25, 0.3) is 0 Å². The van der Waals surface area contributed by atoms with Crippen LogP contribution in [-0.4, -0.2) is 32.6 Å². The van der Waals surface area contributed by atoms with E-state index in [-0.39, 0.29) is 27.0 Å². The maximum Gasteiger partial charge on any atom is 0.337 e. The minimum atomic E-state index is -4.04. The molecule has 2 aromatic rings. The van der Waals surface area contributed by atoms with Gasteiger partial charge in [-0.05, 0) is 42.5 Å². The third kappa shape index (κ3) is 5.04. The lowest BCUT2D eigenvalue weighted by Crippen LogP contribution is -2.34. The summed E-state index contributed by atoms with van der Waals surface area (Å²) in [6.07, 6.45) is 2.19. The first kappa shape index (κ1) is 21.9. The van der Waals surface area contributed by atoms with Gasteiger partial charge in [0.05, 0.1) is 15.6 Å². The zero-order chi connectivity index (χ0) is 21.2. The number of hydrogen-bond donors (Lipinski definition) is 2. The van der Waals surface area contributed by atoms with Crippen molar-refractivity contribution in [3.8, 4) is 0 Å². The minimum Gasteiger partial charge on any atom is -0.478 e. The first-order chi connectivity index (χ1) is 13.7. The number of piperidine rings is 1. The predicted molar refractivity (Wildman–Crippen MR) is 114 cm³/mol. The number of hydrogen-bond acceptors (Lipinski definition) is 4. The Bertz CT molecular complexity index is 1020. The molecule has 0 radical (unpaired) electrons. The topological polar surface area (TPSA) is 86.7 Å². The van der Waals surface area contributed by atoms with Gasteiger partial charge in [0, 0.05) is 25.3 Å². The quantitative estimate of drug-likeness (QED) is 0.671. The number of carboxylic acids is 1. The van der Waals surface area contributed by atoms with Gasteiger partial charge in [-0.25, -0.2) is 17.9 Å². The molecule has 156 valence electrons. The molecule has 0 aromatic heterocycles. The average molecular weight is 457 g/mol. The Morgan fingerprint density at radius 3 is 2.48 bits per heavy atom. The van der Waals surface area contributed by atoms with Gasteiger partial charge in [0.25, 0.3) is 0 Å². The van der Waals surface area contributed by atoms with Crippen LogP contribution < -0.4 is 9.62 Å². The molecule has 0 aliphatic carbocycles. The number of nitrogens with one attached hydrogen (secondary N) is 1. The Kier molecular flexibility index (Phi) is 6.73. The molecule has 2 N–H and O–H groups in total. The maximum atomic E-state index is 12.8. The van der Waals surface area contributed by atoms with Gasteiger partial charge in [-0.2, -0.15) is 0 Å². The van der Waals surface area contributed by atoms with Crippen LogP contribution in [0.1, 0.15) is 35.7 Å². The van der Waals surface area contributed by atoms with Crippen molar-refractivity contribution >= 4 is 44.9 Å². The summed E-state index contributed by atoms with van der Waals surface area (Å²) in [5, 5.41) is 8.95. The fraction of sp³-hybridized carbons (Fsp3) is 0.350. The van der Waals surface area contributed by atoms with Gasteiger partial charge in [0.2, 0.25) is 10.0 Å². The zero-order valence-corrected chi connectivity index (χ0v) is 18.2. The number of aromatic carboxylic acids is 1. The highest BCUT2D eigenvalue weighted by atomic mass is 35.5. The van der Waals surface area contributed by atoms with Crippen LogP contribution in [0.4, 0.5) is 5.69 Å². The monoisotopic (exact) mass is 456 g/mol. The molecular formula is C20H22Cl2N2O4S. The van der Waals surface area contributed by atoms with Crippen molar-refractivity contribution in [3.63, 3.8) is 0 Å². The molecule has 0 saturated carbocycles. The Hall–Kier alpha value is -1.80. The van der Waals surface area contributed by atoms with E-state index in [1.54, 1.807) is 0 Å². The lowest BCUT2D eigenvalue weighted by molar-refractivity contribution is 0.0697. The molecule has 1 saturated heterocycles. The molecule has 1 fully saturated rings. The molecule has 2 aromatic carbocycles. The summed E-state index contributed by atoms with van der Waals surface area (Å²) in [5.41, 5.74) is 1.52. The summed E-state index contributed by atoms with van der Waals surface area (Å²) in [5.74, 6) is -0.639. The lowest BCUT2D eigenvalue weighted by Gasteiger charge is -2.33. The lowest BCUT2D eigenvalue weighted by atomic mass is 9.98. The highest BCUT2D eigenvalue weighted by Crippen LogP contribution is 2.30. The van der Waals surface area contributed by atoms with Crippen LogP contribution in [0.15, 0.2) is 41.3 Å². The van der Waals surface area contributed by atoms with Crippen molar-refractivity contribution in [1.29, 1.82) is 0 Å². The zero-order valence-electron chi connectivity index (χ0n) is 15.9. The Balaban J connectivity index is 1.83. The van der Waals surface area contributed by atoms with Gasteiger partial charge in [0.15, 0.2) is 0 Å². The van der Waals surface area contributed by atoms with Crippen LogP contribution in [0.3, 0.4) is 0 Å². The van der Waals surface area contributed by atoms with Crippen LogP contribution in [0.2, 0.25) is 10.0 Å². The predicted octanol–water partition coefficient (Wildman–Crippen LogP) is 4.41. The van der Waals surface area contributed by atoms with Gasteiger partial charge in [-0.3, -0.25) is 0 Å². The molecule has 6 nitrogen and oxygen atoms in total. The smallest absolute Gasteiger partial charge is 0.337 e. The summed E-state index contributed by atoms with van der Waals surface area (Å²) in [4.78, 5) is 13.2. The molecule has 29 heavy (non-hydrogen) atoms. The summed E-state index contributed by atoms with van der Waals surface area (Å²) in [7, 11) is -4.04. The molecule has 1 aliphatic rings. The van der Waals surface area contributed by atoms with E-state index in [0.29, 0.717) is 5.92 Å². The summed E-state index contributed by atoms with van der Waals surface area (Å²) < 4.78 is 28.1. The summed E-state index contributed by atoms with van der Waals surface area (Å²) in [6, 6.07) is 9.76. The number of rotatable bonds is 6. The summed E-state index contributed by atoms with van der Waals surface area (Å²) in [6.45, 7) is 4.15. The molecule has 0 spiro atoms. The van der Waals surface area contributed by atoms with Crippen molar-refractivity contribution in [1.82, 2.24) is 4.72 Å². The Morgan fingerprint density at radius 1 is 1.17 bits per heavy atom. The maximum absolute atomic E-state index is 12.8. The number of para-hydroxylation sites is 1. The second kappa shape index (κ2) is 8.92. The highest BCUT2D eigenvalue weighted by Gasteiger charge is 2.23. The molecule has 1 aliphatic heterocycles. The van der Waals surface area contributed by atoms with Crippen LogP contribution in [0, 0.1) is 5.92 Å². The number of nitrogens with zero attached hydrogens (tertiary/aromatic N) is 1. The van der Waals surface area contributed by atoms with Gasteiger partial charge in [-0.1, -0.05) is 48.3 Å². The van der Waals surface area contributed by atoms with E-state index in [2.05, 4.69) is 16.5 Å². The molecular weight excluding hydrogens is 435 g/mol. The first-order valence-electron chi connectivity index (χ1n) is 9.24. The van der Waals surface area contributed by atoms with Crippen molar-refractivity contribution < 1.29 is 18.3 Å². The molecule has 1 heterocycles. The van der Waals surface area contributed by atoms with Crippen LogP contribution in [0.5, 0.6) is 0 Å². The second-order valence-corrected chi connectivity index (χ2v) is 9.74. The fourth-order valence-electron chi connectivity index (χ4n) is 3.37. The van der Waals surface area contributed by atoms with Crippen LogP contribution >= 0.6 is 23.2 Å². The van der Waals surface area contributed by atoms with Crippen LogP contribution in [-0.2, 0) is 16.6 Å². The van der Waals surface area contributed by atoms with E-state index in [9.17, 15) is 18.3 Å². The van der Waals surface area contributed by atoms with Crippen molar-refractivity contribution in [3.05, 3.63) is 57.6 Å². The van der Waals surface area contributed by atoms with E-state index in [0.717, 1.165) is 49.3 Å². The van der Waals surface area contributed by atoms with E-state index in [1.807, 2.05) is 24.3 Å². The van der Waals surface area contributed by atoms with Crippen molar-refractivity contribution in [2.45, 2.75) is 31.2 Å². The summed E-state index contributed by atoms with van der Waals surface area (Å²) >= 11 is 11.9. The number of benzene rings is 2. The largest absolute Gasteiger partial charge is 0.478 e. The number of carbonyl (C=O) groups is 1. The molecule has 0 bridgehead atoms. The van der Waals surface area contributed by atoms with E-state index >= 15 is 0 Å². The number of sulfonamides is 1. The number of anilines is 1. The molecule has 0 amide bonds. The van der Waals surface area contributed by atoms with E-state index in [4.69, 9.17) is 23.2 Å². The van der Waals surface area contributed by atoms with Crippen molar-refractivity contribution in [2.75, 3.05) is 18.0 Å². The van der Waals surface area contributed by atoms with Gasteiger partial charge < -0.3 is 10.0 Å². The Labute approximate surface area is 180 Å². The third-order valence-corrected chi connectivity index (χ3v) is 7.29. The van der Waals surface area contributed by atoms with Gasteiger partial charge in [-0.15, -0.1) is 0 Å². The number of halogens is 2. The van der Waals surface area contributed by atoms with Gasteiger partial charge >= 0.3 is 5.97 Å². The standard InChI is InChI=1S/C20H22Cl2N2O4S/c1-13-6-8-24(9-7-13)18-5-3-2-4-14(18)12-23-29(27,28)19-10-15(20(25)26)16(21)11-17(19)22/h2-5,10-11,13,23H,6-9,12H2,1H3,(H,25,26). The fourth-order valence-corrected chi connectivity index (χ4v) is 5.23. The molecule has 9 heteroatoms. The minimum absolute atomic E-state index is 0.0614. The highest BCUT2D eigenvalue weighted by molar-refractivity contribution is 7.89. The van der Waals surface area contributed by atoms with Crippen molar-refractivity contribution in [2.24, 2.45) is 5.92 Å². The molecule has 0 unspecified atom stereocenters. The average Bonchev–Trinajstić information content (AvgIpc) is 2.67. The number of carboxylic acid groups (broad SMARTS) is 1. The van der Waals surface area contributed by atoms with E-state index < -0.39 is 16.0 Å². The van der Waals surface area contributed by atoms with Gasteiger partial charge in [0.1, 0.15) is 4.90 Å². The third-order valence-electron chi connectivity index (χ3n) is 5.11. The second-order valence-electron chi connectivity index (χ2n) is 7.19.